The van der Waals surface area contributed by atoms with E-state index in [-0.39, 0.29) is 29.3 Å². The molecule has 4 rings (SSSR count). The summed E-state index contributed by atoms with van der Waals surface area (Å²) >= 11 is 0. The third-order valence-electron chi connectivity index (χ3n) is 7.47. The largest absolute Gasteiger partial charge is 0.497 e. The number of carboxylic acid groups (broad SMARTS) is 2. The number of piperidine rings is 1. The van der Waals surface area contributed by atoms with Crippen molar-refractivity contribution in [3.8, 4) is 11.5 Å². The van der Waals surface area contributed by atoms with Gasteiger partial charge in [-0.25, -0.2) is 14.0 Å². The van der Waals surface area contributed by atoms with Crippen molar-refractivity contribution in [1.82, 2.24) is 4.90 Å². The highest BCUT2D eigenvalue weighted by Crippen LogP contribution is 2.33. The van der Waals surface area contributed by atoms with Crippen molar-refractivity contribution in [2.45, 2.75) is 19.8 Å². The molecule has 1 saturated heterocycles. The molecule has 3 aromatic rings. The number of hydrogen-bond donors (Lipinski definition) is 3. The zero-order valence-electron chi connectivity index (χ0n) is 26.9. The molecule has 254 valence electrons. The fourth-order valence-corrected chi connectivity index (χ4v) is 5.05. The fourth-order valence-electron chi connectivity index (χ4n) is 5.05. The molecule has 0 saturated carbocycles. The zero-order valence-corrected chi connectivity index (χ0v) is 26.9. The molecule has 1 aliphatic rings. The van der Waals surface area contributed by atoms with Crippen LogP contribution in [0.15, 0.2) is 78.9 Å². The number of carbonyl (C=O) groups is 5. The van der Waals surface area contributed by atoms with Gasteiger partial charge < -0.3 is 34.8 Å². The van der Waals surface area contributed by atoms with E-state index >= 15 is 0 Å². The molecular formula is C35H38FN3O9. The first-order valence-electron chi connectivity index (χ1n) is 15.0. The summed E-state index contributed by atoms with van der Waals surface area (Å²) < 4.78 is 24.3. The Labute approximate surface area is 277 Å². The summed E-state index contributed by atoms with van der Waals surface area (Å²) in [5.74, 6) is -2.23. The van der Waals surface area contributed by atoms with Gasteiger partial charge >= 0.3 is 11.9 Å². The number of amides is 2. The number of carboxylic acids is 2. The third-order valence-corrected chi connectivity index (χ3v) is 7.47. The summed E-state index contributed by atoms with van der Waals surface area (Å²) in [5.41, 5.74) is 2.18. The van der Waals surface area contributed by atoms with Crippen LogP contribution in [0.3, 0.4) is 0 Å². The number of halogens is 1. The van der Waals surface area contributed by atoms with Crippen LogP contribution in [0.5, 0.6) is 11.5 Å². The number of ketones is 1. The fraction of sp³-hybridized carbons (Fsp3) is 0.286. The topological polar surface area (TPSA) is 163 Å². The summed E-state index contributed by atoms with van der Waals surface area (Å²) in [7, 11) is 3.12. The number of aliphatic carboxylic acids is 2. The summed E-state index contributed by atoms with van der Waals surface area (Å²) in [4.78, 5) is 61.1. The van der Waals surface area contributed by atoms with E-state index in [0.717, 1.165) is 0 Å². The van der Waals surface area contributed by atoms with Crippen molar-refractivity contribution in [3.05, 3.63) is 95.8 Å². The second-order valence-electron chi connectivity index (χ2n) is 10.7. The molecule has 48 heavy (non-hydrogen) atoms. The van der Waals surface area contributed by atoms with Gasteiger partial charge in [0.15, 0.2) is 5.78 Å². The smallest absolute Gasteiger partial charge is 0.328 e. The maximum absolute atomic E-state index is 13.8. The molecular weight excluding hydrogens is 625 g/mol. The summed E-state index contributed by atoms with van der Waals surface area (Å²) in [6.07, 6.45) is 2.50. The minimum absolute atomic E-state index is 0.0419. The average molecular weight is 664 g/mol. The Morgan fingerprint density at radius 3 is 1.98 bits per heavy atom. The highest BCUT2D eigenvalue weighted by Gasteiger charge is 2.28. The van der Waals surface area contributed by atoms with Gasteiger partial charge in [0, 0.05) is 61.0 Å². The van der Waals surface area contributed by atoms with Gasteiger partial charge in [-0.05, 0) is 86.6 Å². The lowest BCUT2D eigenvalue weighted by molar-refractivity contribution is -0.134. The molecule has 3 N–H and O–H groups in total. The van der Waals surface area contributed by atoms with E-state index < -0.39 is 11.9 Å². The van der Waals surface area contributed by atoms with Crippen molar-refractivity contribution < 1.29 is 48.0 Å². The number of methoxy groups -OCH3 is 2. The third kappa shape index (κ3) is 11.1. The summed E-state index contributed by atoms with van der Waals surface area (Å²) in [5, 5.41) is 18.3. The van der Waals surface area contributed by atoms with E-state index in [1.807, 2.05) is 0 Å². The van der Waals surface area contributed by atoms with Crippen LogP contribution < -0.4 is 19.7 Å². The Kier molecular flexibility index (Phi) is 13.8. The number of nitrogens with zero attached hydrogens (tertiary/aromatic N) is 2. The lowest BCUT2D eigenvalue weighted by Crippen LogP contribution is -2.43. The number of ether oxygens (including phenoxy) is 2. The maximum atomic E-state index is 13.8. The van der Waals surface area contributed by atoms with E-state index in [2.05, 4.69) is 10.2 Å². The van der Waals surface area contributed by atoms with E-state index in [9.17, 15) is 28.4 Å². The first-order chi connectivity index (χ1) is 22.9. The Balaban J connectivity index is 0.000000694. The van der Waals surface area contributed by atoms with Crippen molar-refractivity contribution in [1.29, 1.82) is 0 Å². The normalized spacial score (nSPS) is 13.2. The molecule has 3 aromatic carbocycles. The van der Waals surface area contributed by atoms with Crippen LogP contribution in [0, 0.1) is 11.7 Å². The van der Waals surface area contributed by atoms with Crippen molar-refractivity contribution >= 4 is 40.9 Å². The molecule has 12 nitrogen and oxygen atoms in total. The molecule has 0 aliphatic carbocycles. The molecule has 0 bridgehead atoms. The quantitative estimate of drug-likeness (QED) is 0.182. The Morgan fingerprint density at radius 1 is 0.875 bits per heavy atom. The van der Waals surface area contributed by atoms with Gasteiger partial charge in [0.2, 0.25) is 5.91 Å². The molecule has 0 spiro atoms. The molecule has 0 unspecified atom stereocenters. The lowest BCUT2D eigenvalue weighted by atomic mass is 9.89. The van der Waals surface area contributed by atoms with Crippen molar-refractivity contribution in [2.24, 2.45) is 5.92 Å². The number of Topliss-reactive ketones (excluding diaryl/α,β-unsaturated/α-hetero) is 1. The molecule has 0 aromatic heterocycles. The van der Waals surface area contributed by atoms with Crippen LogP contribution >= 0.6 is 0 Å². The molecule has 2 amide bonds. The molecule has 0 radical (unpaired) electrons. The minimum Gasteiger partial charge on any atom is -0.497 e. The van der Waals surface area contributed by atoms with E-state index in [1.54, 1.807) is 61.6 Å². The molecule has 1 fully saturated rings. The van der Waals surface area contributed by atoms with Crippen LogP contribution in [-0.2, 0) is 14.4 Å². The number of benzene rings is 3. The van der Waals surface area contributed by atoms with Gasteiger partial charge in [-0.15, -0.1) is 0 Å². The molecule has 0 atom stereocenters. The zero-order chi connectivity index (χ0) is 35.2. The second-order valence-corrected chi connectivity index (χ2v) is 10.7. The molecule has 1 aliphatic heterocycles. The summed E-state index contributed by atoms with van der Waals surface area (Å²) in [6.45, 7) is 3.82. The molecule has 13 heteroatoms. The standard InChI is InChI=1S/C31H34FN3O5.C4H4O4/c1-21(36)33-26-10-6-24(7-11-26)31(38)35(28-20-27(39-2)12-13-29(28)40-3)19-18-34-16-14-23(15-17-34)30(37)22-4-8-25(32)9-5-22;5-3(6)1-2-4(7)8/h4-13,20,23H,14-19H2,1-3H3,(H,33,36);1-2H,(H,5,6)(H,7,8). The summed E-state index contributed by atoms with van der Waals surface area (Å²) in [6, 6.07) is 17.8. The van der Waals surface area contributed by atoms with E-state index in [0.29, 0.717) is 85.2 Å². The second kappa shape index (κ2) is 18.0. The van der Waals surface area contributed by atoms with Gasteiger partial charge in [0.1, 0.15) is 17.3 Å². The SMILES string of the molecule is COc1ccc(OC)c(N(CCN2CCC(C(=O)c3ccc(F)cc3)CC2)C(=O)c2ccc(NC(C)=O)cc2)c1.O=C(O)C=CC(=O)O. The van der Waals surface area contributed by atoms with Crippen molar-refractivity contribution in [3.63, 3.8) is 0 Å². The Bertz CT molecular complexity index is 1600. The van der Waals surface area contributed by atoms with Crippen LogP contribution in [-0.4, -0.2) is 85.0 Å². The number of likely N-dealkylation sites (tertiary alicyclic amines) is 1. The van der Waals surface area contributed by atoms with Crippen LogP contribution in [0.2, 0.25) is 0 Å². The first-order valence-corrected chi connectivity index (χ1v) is 15.0. The lowest BCUT2D eigenvalue weighted by Gasteiger charge is -2.33. The highest BCUT2D eigenvalue weighted by atomic mass is 19.1. The monoisotopic (exact) mass is 663 g/mol. The first kappa shape index (κ1) is 36.9. The van der Waals surface area contributed by atoms with Crippen LogP contribution in [0.1, 0.15) is 40.5 Å². The van der Waals surface area contributed by atoms with Gasteiger partial charge in [0.05, 0.1) is 19.9 Å². The van der Waals surface area contributed by atoms with E-state index in [4.69, 9.17) is 19.7 Å². The van der Waals surface area contributed by atoms with Gasteiger partial charge in [0.25, 0.3) is 5.91 Å². The average Bonchev–Trinajstić information content (AvgIpc) is 3.08. The predicted molar refractivity (Wildman–Crippen MR) is 176 cm³/mol. The van der Waals surface area contributed by atoms with Crippen LogP contribution in [0.4, 0.5) is 15.8 Å². The number of carbonyl (C=O) groups excluding carboxylic acids is 3. The highest BCUT2D eigenvalue weighted by molar-refractivity contribution is 6.07. The van der Waals surface area contributed by atoms with Crippen LogP contribution in [0.25, 0.3) is 0 Å². The van der Waals surface area contributed by atoms with E-state index in [1.165, 1.54) is 31.2 Å². The Morgan fingerprint density at radius 2 is 1.46 bits per heavy atom. The number of hydrogen-bond acceptors (Lipinski definition) is 8. The molecule has 1 heterocycles. The predicted octanol–water partition coefficient (Wildman–Crippen LogP) is 4.75. The van der Waals surface area contributed by atoms with Crippen molar-refractivity contribution in [2.75, 3.05) is 50.6 Å². The van der Waals surface area contributed by atoms with Gasteiger partial charge in [-0.2, -0.15) is 0 Å². The van der Waals surface area contributed by atoms with Gasteiger partial charge in [-0.3, -0.25) is 14.4 Å². The minimum atomic E-state index is -1.26. The number of nitrogens with one attached hydrogen (secondary N) is 1. The number of anilines is 2. The number of rotatable bonds is 12. The Hall–Kier alpha value is -5.56. The van der Waals surface area contributed by atoms with Gasteiger partial charge in [-0.1, -0.05) is 0 Å². The maximum Gasteiger partial charge on any atom is 0.328 e.